The molecule has 0 aromatic heterocycles. The van der Waals surface area contributed by atoms with Crippen molar-refractivity contribution in [3.63, 3.8) is 0 Å². The summed E-state index contributed by atoms with van der Waals surface area (Å²) in [5.74, 6) is -0.227. The SMILES string of the molecule is COC(=O)c1ccc(N2CC(CO)CC2=O)cc1OC. The molecule has 0 spiro atoms. The molecule has 0 radical (unpaired) electrons. The standard InChI is InChI=1S/C14H17NO5/c1-19-12-6-10(3-4-11(12)14(18)20-2)15-7-9(8-16)5-13(15)17/h3-4,6,9,16H,5,7-8H2,1-2H3. The smallest absolute Gasteiger partial charge is 0.341 e. The van der Waals surface area contributed by atoms with Crippen LogP contribution in [0.25, 0.3) is 0 Å². The van der Waals surface area contributed by atoms with Crippen LogP contribution < -0.4 is 9.64 Å². The number of carbonyl (C=O) groups is 2. The highest BCUT2D eigenvalue weighted by atomic mass is 16.5. The second-order valence-corrected chi connectivity index (χ2v) is 4.63. The van der Waals surface area contributed by atoms with Crippen molar-refractivity contribution >= 4 is 17.6 Å². The van der Waals surface area contributed by atoms with Crippen molar-refractivity contribution in [2.45, 2.75) is 6.42 Å². The minimum absolute atomic E-state index is 0.0143. The molecule has 1 aromatic carbocycles. The van der Waals surface area contributed by atoms with Gasteiger partial charge in [-0.1, -0.05) is 0 Å². The Hall–Kier alpha value is -2.08. The summed E-state index contributed by atoms with van der Waals surface area (Å²) >= 11 is 0. The van der Waals surface area contributed by atoms with Gasteiger partial charge in [0.1, 0.15) is 11.3 Å². The van der Waals surface area contributed by atoms with Crippen LogP contribution in [0.15, 0.2) is 18.2 Å². The molecule has 1 unspecified atom stereocenters. The first kappa shape index (κ1) is 14.3. The third kappa shape index (κ3) is 2.60. The normalized spacial score (nSPS) is 18.2. The third-order valence-corrected chi connectivity index (χ3v) is 3.37. The molecule has 20 heavy (non-hydrogen) atoms. The van der Waals surface area contributed by atoms with Crippen LogP contribution >= 0.6 is 0 Å². The summed E-state index contributed by atoms with van der Waals surface area (Å²) in [5.41, 5.74) is 0.958. The van der Waals surface area contributed by atoms with Crippen LogP contribution in [0.5, 0.6) is 5.75 Å². The van der Waals surface area contributed by atoms with E-state index in [1.165, 1.54) is 14.2 Å². The highest BCUT2D eigenvalue weighted by molar-refractivity contribution is 5.98. The zero-order valence-corrected chi connectivity index (χ0v) is 11.5. The van der Waals surface area contributed by atoms with Crippen LogP contribution in [-0.2, 0) is 9.53 Å². The number of aliphatic hydroxyl groups is 1. The number of nitrogens with zero attached hydrogens (tertiary/aromatic N) is 1. The van der Waals surface area contributed by atoms with Crippen molar-refractivity contribution in [3.8, 4) is 5.75 Å². The van der Waals surface area contributed by atoms with Crippen molar-refractivity contribution in [3.05, 3.63) is 23.8 Å². The summed E-state index contributed by atoms with van der Waals surface area (Å²) in [6.07, 6.45) is 0.331. The van der Waals surface area contributed by atoms with E-state index >= 15 is 0 Å². The maximum atomic E-state index is 11.9. The molecule has 1 N–H and O–H groups in total. The monoisotopic (exact) mass is 279 g/mol. The Balaban J connectivity index is 2.30. The zero-order chi connectivity index (χ0) is 14.7. The maximum absolute atomic E-state index is 11.9. The molecule has 1 amide bonds. The first-order valence-electron chi connectivity index (χ1n) is 6.28. The molecule has 1 atom stereocenters. The number of ether oxygens (including phenoxy) is 2. The van der Waals surface area contributed by atoms with Crippen LogP contribution in [0, 0.1) is 5.92 Å². The number of esters is 1. The number of carbonyl (C=O) groups excluding carboxylic acids is 2. The van der Waals surface area contributed by atoms with Gasteiger partial charge in [-0.05, 0) is 12.1 Å². The maximum Gasteiger partial charge on any atom is 0.341 e. The van der Waals surface area contributed by atoms with Gasteiger partial charge in [-0.2, -0.15) is 0 Å². The number of benzene rings is 1. The molecule has 1 aliphatic rings. The van der Waals surface area contributed by atoms with E-state index in [9.17, 15) is 9.59 Å². The lowest BCUT2D eigenvalue weighted by Crippen LogP contribution is -2.25. The average Bonchev–Trinajstić information content (AvgIpc) is 2.86. The predicted octanol–water partition coefficient (Wildman–Crippen LogP) is 0.827. The van der Waals surface area contributed by atoms with Crippen LogP contribution in [-0.4, -0.2) is 44.4 Å². The van der Waals surface area contributed by atoms with Crippen molar-refractivity contribution in [2.75, 3.05) is 32.3 Å². The summed E-state index contributed by atoms with van der Waals surface area (Å²) in [6.45, 7) is 0.454. The van der Waals surface area contributed by atoms with Gasteiger partial charge >= 0.3 is 5.97 Å². The zero-order valence-electron chi connectivity index (χ0n) is 11.5. The molecular weight excluding hydrogens is 262 g/mol. The fourth-order valence-electron chi connectivity index (χ4n) is 2.28. The third-order valence-electron chi connectivity index (χ3n) is 3.37. The number of rotatable bonds is 4. The Kier molecular flexibility index (Phi) is 4.24. The summed E-state index contributed by atoms with van der Waals surface area (Å²) in [6, 6.07) is 4.87. The van der Waals surface area contributed by atoms with Gasteiger partial charge in [-0.3, -0.25) is 4.79 Å². The molecule has 108 valence electrons. The fraction of sp³-hybridized carbons (Fsp3) is 0.429. The van der Waals surface area contributed by atoms with Gasteiger partial charge in [0.25, 0.3) is 0 Å². The summed E-state index contributed by atoms with van der Waals surface area (Å²) in [4.78, 5) is 25.1. The van der Waals surface area contributed by atoms with Crippen LogP contribution in [0.3, 0.4) is 0 Å². The van der Waals surface area contributed by atoms with Crippen molar-refractivity contribution in [2.24, 2.45) is 5.92 Å². The first-order chi connectivity index (χ1) is 9.60. The summed E-state index contributed by atoms with van der Waals surface area (Å²) in [7, 11) is 2.75. The number of methoxy groups -OCH3 is 2. The van der Waals surface area contributed by atoms with E-state index in [-0.39, 0.29) is 18.4 Å². The number of amides is 1. The van der Waals surface area contributed by atoms with E-state index in [0.717, 1.165) is 0 Å². The fourth-order valence-corrected chi connectivity index (χ4v) is 2.28. The molecule has 0 bridgehead atoms. The average molecular weight is 279 g/mol. The quantitative estimate of drug-likeness (QED) is 0.826. The van der Waals surface area contributed by atoms with E-state index in [1.54, 1.807) is 23.1 Å². The second kappa shape index (κ2) is 5.92. The number of hydrogen-bond donors (Lipinski definition) is 1. The van der Waals surface area contributed by atoms with Crippen LogP contribution in [0.1, 0.15) is 16.8 Å². The van der Waals surface area contributed by atoms with E-state index in [1.807, 2.05) is 0 Å². The van der Waals surface area contributed by atoms with Crippen molar-refractivity contribution in [1.82, 2.24) is 0 Å². The minimum atomic E-state index is -0.491. The molecule has 1 heterocycles. The van der Waals surface area contributed by atoms with E-state index in [0.29, 0.717) is 30.0 Å². The van der Waals surface area contributed by atoms with Crippen molar-refractivity contribution in [1.29, 1.82) is 0 Å². The molecule has 2 rings (SSSR count). The molecular formula is C14H17NO5. The van der Waals surface area contributed by atoms with Gasteiger partial charge in [0, 0.05) is 37.2 Å². The highest BCUT2D eigenvalue weighted by Crippen LogP contribution is 2.30. The molecule has 1 fully saturated rings. The lowest BCUT2D eigenvalue weighted by atomic mass is 10.1. The number of anilines is 1. The number of aliphatic hydroxyl groups excluding tert-OH is 1. The van der Waals surface area contributed by atoms with E-state index in [4.69, 9.17) is 9.84 Å². The predicted molar refractivity (Wildman–Crippen MR) is 71.9 cm³/mol. The van der Waals surface area contributed by atoms with Gasteiger partial charge < -0.3 is 19.5 Å². The lowest BCUT2D eigenvalue weighted by molar-refractivity contribution is -0.117. The van der Waals surface area contributed by atoms with Gasteiger partial charge in [-0.15, -0.1) is 0 Å². The second-order valence-electron chi connectivity index (χ2n) is 4.63. The summed E-state index contributed by atoms with van der Waals surface area (Å²) in [5, 5.41) is 9.13. The van der Waals surface area contributed by atoms with Crippen molar-refractivity contribution < 1.29 is 24.2 Å². The molecule has 1 aromatic rings. The largest absolute Gasteiger partial charge is 0.496 e. The molecule has 6 nitrogen and oxygen atoms in total. The molecule has 0 aliphatic carbocycles. The Labute approximate surface area is 116 Å². The lowest BCUT2D eigenvalue weighted by Gasteiger charge is -2.18. The Bertz CT molecular complexity index is 528. The van der Waals surface area contributed by atoms with E-state index < -0.39 is 5.97 Å². The summed E-state index contributed by atoms with van der Waals surface area (Å²) < 4.78 is 9.84. The van der Waals surface area contributed by atoms with Gasteiger partial charge in [0.15, 0.2) is 0 Å². The molecule has 6 heteroatoms. The van der Waals surface area contributed by atoms with Gasteiger partial charge in [0.2, 0.25) is 5.91 Å². The molecule has 0 saturated carbocycles. The molecule has 1 aliphatic heterocycles. The topological polar surface area (TPSA) is 76.1 Å². The minimum Gasteiger partial charge on any atom is -0.496 e. The van der Waals surface area contributed by atoms with E-state index in [2.05, 4.69) is 4.74 Å². The molecule has 1 saturated heterocycles. The van der Waals surface area contributed by atoms with Gasteiger partial charge in [-0.25, -0.2) is 4.79 Å². The van der Waals surface area contributed by atoms with Crippen LogP contribution in [0.2, 0.25) is 0 Å². The van der Waals surface area contributed by atoms with Crippen LogP contribution in [0.4, 0.5) is 5.69 Å². The van der Waals surface area contributed by atoms with Gasteiger partial charge in [0.05, 0.1) is 14.2 Å². The number of hydrogen-bond acceptors (Lipinski definition) is 5. The Morgan fingerprint density at radius 2 is 2.20 bits per heavy atom. The Morgan fingerprint density at radius 3 is 2.75 bits per heavy atom. The Morgan fingerprint density at radius 1 is 1.45 bits per heavy atom. The first-order valence-corrected chi connectivity index (χ1v) is 6.28. The highest BCUT2D eigenvalue weighted by Gasteiger charge is 2.30.